The molecule has 6 aromatic carbocycles. The molecule has 0 fully saturated rings. The van der Waals surface area contributed by atoms with E-state index in [4.69, 9.17) is 20.6 Å². The van der Waals surface area contributed by atoms with E-state index in [1.165, 1.54) is 65.0 Å². The Kier molecular flexibility index (Phi) is 67.5. The standard InChI is InChI=1S/C16H24O2.C13H16O2.C13H18O2.C11H13N.C11H16.C10H14O.C8H12BrN3.C6H14N2O.C6H13NO2.C6H13NO/c1-13(2)12-15-10-7-6-9-14(15)8-4-3-5-11-16(17)18;1-10(2)9-12-5-3-11(4-6-12)7-8-13(14)15;1-10(2)9-12-6-4-3-5-11(12)7-8-13(14)15;1-9(2)6-10-4-3-5-11(7-10)8-12;1-9(2)8-11-6-4-10(3)5-7-11;1-8(2)7-9-5-3-4-6-10(9)11;1-6(2)3-10-8-11-4-7(9)5-12-8;1-5(2)4-8-6(9)7-3;1-5(2)4-7-6(8)9-3;1-5(2)4-7-6(3)8/h6-7,9-10,13H,3-5,8,11-12H2,1-2H3,(H,17,18);3-8,10H,9H2,1-2H3,(H,14,15);3-6,10H,7-9H2,1-2H3,(H,14,15);3-5,7,9H,6H2,1-2H3;4-7,9H,8H2,1-3H3;3-6,8,11H,7H2,1-2H3;4-6H,3H2,1-2H3,(H,10,11,12);5H,4H2,1-3H3,(H2,7,8,9);5H,4H2,1-3H3,(H,7,8);5H,4H2,1-3H3,(H,7,8)/b;8-7+;;;;;;;;. The van der Waals surface area contributed by atoms with Gasteiger partial charge in [-0.3, -0.25) is 14.4 Å². The maximum absolute atomic E-state index is 10.5. The van der Waals surface area contributed by atoms with Crippen LogP contribution < -0.4 is 26.6 Å². The molecule has 0 aliphatic rings. The van der Waals surface area contributed by atoms with E-state index in [0.717, 1.165) is 111 Å². The van der Waals surface area contributed by atoms with Crippen LogP contribution in [0.5, 0.6) is 5.75 Å². The number of nitrogens with one attached hydrogen (secondary N) is 5. The number of methoxy groups -OCH3 is 1. The van der Waals surface area contributed by atoms with Gasteiger partial charge in [-0.2, -0.15) is 5.26 Å². The number of aromatic nitrogens is 2. The van der Waals surface area contributed by atoms with E-state index < -0.39 is 17.9 Å². The number of carboxylic acids is 3. The van der Waals surface area contributed by atoms with E-state index in [9.17, 15) is 33.9 Å². The predicted octanol–water partition coefficient (Wildman–Crippen LogP) is 23.2. The van der Waals surface area contributed by atoms with Crippen molar-refractivity contribution in [3.63, 3.8) is 0 Å². The Labute approximate surface area is 732 Å². The van der Waals surface area contributed by atoms with Crippen LogP contribution in [0.15, 0.2) is 169 Å². The molecule has 0 aliphatic heterocycles. The van der Waals surface area contributed by atoms with Crippen LogP contribution in [0.4, 0.5) is 15.5 Å². The molecule has 0 radical (unpaired) electrons. The first-order chi connectivity index (χ1) is 56.5. The van der Waals surface area contributed by atoms with Crippen molar-refractivity contribution in [2.75, 3.05) is 45.7 Å². The number of hydrogen-bond acceptors (Lipinski definition) is 12. The number of carbonyl (C=O) groups is 6. The summed E-state index contributed by atoms with van der Waals surface area (Å²) in [5, 5.41) is 57.2. The van der Waals surface area contributed by atoms with Crippen molar-refractivity contribution >= 4 is 63.9 Å². The minimum absolute atomic E-state index is 0.0544. The number of carbonyl (C=O) groups excluding carboxylic acids is 3. The zero-order chi connectivity index (χ0) is 91.5. The number of benzene rings is 6. The molecule has 666 valence electrons. The Morgan fingerprint density at radius 2 is 0.883 bits per heavy atom. The Morgan fingerprint density at radius 1 is 0.467 bits per heavy atom. The van der Waals surface area contributed by atoms with E-state index in [0.29, 0.717) is 84.3 Å². The number of urea groups is 1. The van der Waals surface area contributed by atoms with Gasteiger partial charge in [0, 0.05) is 71.5 Å². The molecule has 19 nitrogen and oxygen atoms in total. The number of aryl methyl sites for hydroxylation is 3. The third-order valence-electron chi connectivity index (χ3n) is 16.4. The van der Waals surface area contributed by atoms with Crippen LogP contribution in [0.3, 0.4) is 0 Å². The topological polar surface area (TPSA) is 302 Å². The molecule has 7 rings (SSSR count). The second-order valence-corrected chi connectivity index (χ2v) is 34.7. The highest BCUT2D eigenvalue weighted by Crippen LogP contribution is 2.21. The fourth-order valence-corrected chi connectivity index (χ4v) is 10.8. The Morgan fingerprint density at radius 3 is 1.29 bits per heavy atom. The first-order valence-electron chi connectivity index (χ1n) is 42.6. The van der Waals surface area contributed by atoms with Crippen LogP contribution in [0.2, 0.25) is 0 Å². The lowest BCUT2D eigenvalue weighted by molar-refractivity contribution is -0.138. The molecule has 0 unspecified atom stereocenters. The number of halogens is 1. The Hall–Kier alpha value is -9.87. The number of unbranched alkanes of at least 4 members (excludes halogenated alkanes) is 2. The van der Waals surface area contributed by atoms with Gasteiger partial charge in [-0.05, 0) is 221 Å². The number of carboxylic acid groups (broad SMARTS) is 3. The van der Waals surface area contributed by atoms with Gasteiger partial charge >= 0.3 is 30.0 Å². The van der Waals surface area contributed by atoms with Gasteiger partial charge in [-0.25, -0.2) is 24.4 Å². The second kappa shape index (κ2) is 70.9. The molecule has 7 aromatic rings. The van der Waals surface area contributed by atoms with Gasteiger partial charge in [0.15, 0.2) is 0 Å². The van der Waals surface area contributed by atoms with Crippen LogP contribution in [0.25, 0.3) is 6.08 Å². The number of amides is 4. The SMILES string of the molecule is CC(=O)NCC(C)C.CC(C)CNc1ncc(Br)cn1.CC(C)Cc1ccc(/C=C/C(=O)O)cc1.CC(C)Cc1cccc(C#N)c1.CC(C)Cc1ccccc1CCC(=O)O.CC(C)Cc1ccccc1CCCCCC(=O)O.CC(C)Cc1ccccc1O.CNC(=O)NCC(C)C.COC(=O)NCC(C)C.Cc1ccc(CC(C)C)cc1. The van der Waals surface area contributed by atoms with Gasteiger partial charge in [-0.1, -0.05) is 278 Å². The highest BCUT2D eigenvalue weighted by molar-refractivity contribution is 9.10. The average molecular weight is 1720 g/mol. The molecule has 1 aromatic heterocycles. The van der Waals surface area contributed by atoms with Crippen LogP contribution in [-0.2, 0) is 75.3 Å². The van der Waals surface area contributed by atoms with Crippen molar-refractivity contribution in [3.05, 3.63) is 230 Å². The quantitative estimate of drug-likeness (QED) is 0.0140. The van der Waals surface area contributed by atoms with Crippen LogP contribution in [0.1, 0.15) is 239 Å². The first kappa shape index (κ1) is 114. The molecule has 1 heterocycles. The summed E-state index contributed by atoms with van der Waals surface area (Å²) in [6, 6.07) is 50.8. The summed E-state index contributed by atoms with van der Waals surface area (Å²) in [4.78, 5) is 70.5. The lowest BCUT2D eigenvalue weighted by Gasteiger charge is -2.11. The molecule has 4 amide bonds. The zero-order valence-electron chi connectivity index (χ0n) is 77.3. The highest BCUT2D eigenvalue weighted by atomic mass is 79.9. The van der Waals surface area contributed by atoms with Gasteiger partial charge < -0.3 is 51.7 Å². The van der Waals surface area contributed by atoms with Crippen molar-refractivity contribution in [1.82, 2.24) is 31.2 Å². The van der Waals surface area contributed by atoms with Crippen molar-refractivity contribution < 1.29 is 53.9 Å². The van der Waals surface area contributed by atoms with Crippen molar-refractivity contribution in [3.8, 4) is 11.8 Å². The zero-order valence-corrected chi connectivity index (χ0v) is 78.9. The van der Waals surface area contributed by atoms with Gasteiger partial charge in [0.05, 0.1) is 23.2 Å². The summed E-state index contributed by atoms with van der Waals surface area (Å²) in [6.07, 6.45) is 17.4. The molecule has 0 saturated heterocycles. The molecular weight excluding hydrogens is 1570 g/mol. The summed E-state index contributed by atoms with van der Waals surface area (Å²) in [6.45, 7) is 49.7. The number of phenols is 1. The molecule has 0 atom stereocenters. The van der Waals surface area contributed by atoms with Gasteiger partial charge in [-0.15, -0.1) is 0 Å². The van der Waals surface area contributed by atoms with Crippen molar-refractivity contribution in [2.45, 2.75) is 236 Å². The third kappa shape index (κ3) is 72.2. The Balaban J connectivity index is -0.00000128. The highest BCUT2D eigenvalue weighted by Gasteiger charge is 2.10. The number of nitrogens with zero attached hydrogens (tertiary/aromatic N) is 3. The summed E-state index contributed by atoms with van der Waals surface area (Å²) in [5.41, 5.74) is 13.4. The van der Waals surface area contributed by atoms with E-state index >= 15 is 0 Å². The number of phenolic OH excluding ortho intramolecular Hbond substituents is 1. The van der Waals surface area contributed by atoms with Crippen molar-refractivity contribution in [2.24, 2.45) is 59.2 Å². The number of anilines is 1. The minimum atomic E-state index is -0.916. The molecule has 0 aliphatic carbocycles. The summed E-state index contributed by atoms with van der Waals surface area (Å²) in [5.74, 6) is 4.93. The number of nitriles is 1. The number of ether oxygens (including phenoxy) is 1. The number of hydrogen-bond donors (Lipinski definition) is 9. The summed E-state index contributed by atoms with van der Waals surface area (Å²) >= 11 is 3.27. The number of aromatic hydroxyl groups is 1. The monoisotopic (exact) mass is 1720 g/mol. The van der Waals surface area contributed by atoms with Crippen LogP contribution >= 0.6 is 15.9 Å². The van der Waals surface area contributed by atoms with E-state index in [1.807, 2.05) is 92.7 Å². The first-order valence-corrected chi connectivity index (χ1v) is 43.4. The lowest BCUT2D eigenvalue weighted by atomic mass is 9.95. The predicted molar refractivity (Wildman–Crippen MR) is 503 cm³/mol. The summed E-state index contributed by atoms with van der Waals surface area (Å²) in [7, 11) is 2.96. The lowest BCUT2D eigenvalue weighted by Crippen LogP contribution is -2.34. The van der Waals surface area contributed by atoms with Gasteiger partial charge in [0.25, 0.3) is 0 Å². The second-order valence-electron chi connectivity index (χ2n) is 33.8. The number of aliphatic carboxylic acids is 3. The Bertz CT molecular complexity index is 3880. The average Bonchev–Trinajstić information content (AvgIpc) is 0.902. The van der Waals surface area contributed by atoms with Gasteiger partial charge in [0.2, 0.25) is 11.9 Å². The molecular formula is C100H153BrN8O11. The van der Waals surface area contributed by atoms with E-state index in [1.54, 1.807) is 31.6 Å². The third-order valence-corrected chi connectivity index (χ3v) is 16.8. The van der Waals surface area contributed by atoms with Crippen LogP contribution in [0, 0.1) is 77.4 Å². The van der Waals surface area contributed by atoms with E-state index in [-0.39, 0.29) is 24.5 Å². The maximum Gasteiger partial charge on any atom is 0.406 e. The number of rotatable bonds is 32. The molecule has 0 spiro atoms. The number of para-hydroxylation sites is 1. The largest absolute Gasteiger partial charge is 0.508 e. The maximum atomic E-state index is 10.5. The smallest absolute Gasteiger partial charge is 0.406 e. The van der Waals surface area contributed by atoms with Crippen molar-refractivity contribution in [1.29, 1.82) is 5.26 Å². The minimum Gasteiger partial charge on any atom is -0.508 e. The van der Waals surface area contributed by atoms with Crippen LogP contribution in [-0.4, -0.2) is 107 Å². The number of alkyl carbamates (subject to hydrolysis) is 1. The molecule has 0 saturated carbocycles. The fourth-order valence-electron chi connectivity index (χ4n) is 10.6. The molecule has 0 bridgehead atoms. The van der Waals surface area contributed by atoms with Gasteiger partial charge in [0.1, 0.15) is 5.75 Å². The fraction of sp³-hybridized carbons (Fsp3) is 0.510. The normalized spacial score (nSPS) is 10.3. The van der Waals surface area contributed by atoms with E-state index in [2.05, 4.69) is 256 Å². The molecule has 120 heavy (non-hydrogen) atoms. The summed E-state index contributed by atoms with van der Waals surface area (Å²) < 4.78 is 5.25. The molecule has 20 heteroatoms. The molecule has 9 N–H and O–H groups in total.